The highest BCUT2D eigenvalue weighted by Crippen LogP contribution is 2.15. The molecule has 0 fully saturated rings. The molecule has 2 aromatic rings. The lowest BCUT2D eigenvalue weighted by atomic mass is 10.2. The molecule has 2 aromatic carbocycles. The lowest BCUT2D eigenvalue weighted by molar-refractivity contribution is -0.117. The maximum absolute atomic E-state index is 13.6. The third-order valence-electron chi connectivity index (χ3n) is 3.82. The summed E-state index contributed by atoms with van der Waals surface area (Å²) >= 11 is 0. The summed E-state index contributed by atoms with van der Waals surface area (Å²) < 4.78 is 13.6. The third kappa shape index (κ3) is 5.06. The molecule has 0 aliphatic rings. The average molecular weight is 329 g/mol. The van der Waals surface area contributed by atoms with Gasteiger partial charge in [0, 0.05) is 26.3 Å². The van der Waals surface area contributed by atoms with E-state index in [1.165, 1.54) is 6.07 Å². The van der Waals surface area contributed by atoms with Crippen molar-refractivity contribution in [2.45, 2.75) is 13.5 Å². The lowest BCUT2D eigenvalue weighted by Crippen LogP contribution is -2.33. The van der Waals surface area contributed by atoms with Crippen molar-refractivity contribution in [1.29, 1.82) is 0 Å². The Balaban J connectivity index is 1.94. The van der Waals surface area contributed by atoms with E-state index in [0.29, 0.717) is 6.54 Å². The maximum atomic E-state index is 13.6. The first-order valence-corrected chi connectivity index (χ1v) is 8.02. The Morgan fingerprint density at radius 2 is 1.75 bits per heavy atom. The average Bonchev–Trinajstić information content (AvgIpc) is 2.56. The quantitative estimate of drug-likeness (QED) is 0.846. The van der Waals surface area contributed by atoms with Crippen molar-refractivity contribution in [1.82, 2.24) is 4.90 Å². The number of para-hydroxylation sites is 1. The molecule has 0 atom stereocenters. The van der Waals surface area contributed by atoms with E-state index in [1.54, 1.807) is 18.2 Å². The second kappa shape index (κ2) is 8.45. The lowest BCUT2D eigenvalue weighted by Gasteiger charge is -2.20. The first-order chi connectivity index (χ1) is 11.5. The summed E-state index contributed by atoms with van der Waals surface area (Å²) in [5.74, 6) is -0.639. The zero-order valence-corrected chi connectivity index (χ0v) is 14.4. The molecule has 1 amide bonds. The van der Waals surface area contributed by atoms with E-state index in [9.17, 15) is 9.18 Å². The Bertz CT molecular complexity index is 671. The maximum Gasteiger partial charge on any atom is 0.238 e. The first-order valence-electron chi connectivity index (χ1n) is 8.02. The van der Waals surface area contributed by atoms with E-state index >= 15 is 0 Å². The van der Waals surface area contributed by atoms with Crippen molar-refractivity contribution in [3.8, 4) is 0 Å². The second-order valence-corrected chi connectivity index (χ2v) is 5.89. The zero-order valence-electron chi connectivity index (χ0n) is 14.4. The monoisotopic (exact) mass is 329 g/mol. The van der Waals surface area contributed by atoms with E-state index in [0.717, 1.165) is 17.8 Å². The molecule has 0 unspecified atom stereocenters. The van der Waals surface area contributed by atoms with E-state index in [-0.39, 0.29) is 18.1 Å². The smallest absolute Gasteiger partial charge is 0.238 e. The van der Waals surface area contributed by atoms with E-state index in [1.807, 2.05) is 30.8 Å². The van der Waals surface area contributed by atoms with Gasteiger partial charge in [0.05, 0.1) is 12.2 Å². The summed E-state index contributed by atoms with van der Waals surface area (Å²) in [5.41, 5.74) is 2.49. The minimum absolute atomic E-state index is 0.216. The highest BCUT2D eigenvalue weighted by molar-refractivity contribution is 5.92. The summed E-state index contributed by atoms with van der Waals surface area (Å²) in [5, 5.41) is 2.62. The number of hydrogen-bond acceptors (Lipinski definition) is 3. The molecule has 0 saturated carbocycles. The van der Waals surface area contributed by atoms with Crippen molar-refractivity contribution in [2.24, 2.45) is 0 Å². The van der Waals surface area contributed by atoms with Gasteiger partial charge in [-0.15, -0.1) is 0 Å². The van der Waals surface area contributed by atoms with Crippen LogP contribution in [0.15, 0.2) is 48.5 Å². The van der Waals surface area contributed by atoms with Gasteiger partial charge in [-0.2, -0.15) is 0 Å². The van der Waals surface area contributed by atoms with Crippen LogP contribution < -0.4 is 10.2 Å². The number of carbonyl (C=O) groups is 1. The highest BCUT2D eigenvalue weighted by atomic mass is 19.1. The molecule has 2 rings (SSSR count). The van der Waals surface area contributed by atoms with Gasteiger partial charge in [0.25, 0.3) is 0 Å². The van der Waals surface area contributed by atoms with Gasteiger partial charge < -0.3 is 10.2 Å². The minimum atomic E-state index is -0.423. The van der Waals surface area contributed by atoms with Crippen LogP contribution in [0.2, 0.25) is 0 Å². The van der Waals surface area contributed by atoms with E-state index in [2.05, 4.69) is 29.6 Å². The molecule has 4 nitrogen and oxygen atoms in total. The van der Waals surface area contributed by atoms with Crippen molar-refractivity contribution in [3.63, 3.8) is 0 Å². The molecule has 0 bridgehead atoms. The van der Waals surface area contributed by atoms with Crippen LogP contribution in [0.5, 0.6) is 0 Å². The topological polar surface area (TPSA) is 35.6 Å². The summed E-state index contributed by atoms with van der Waals surface area (Å²) in [4.78, 5) is 16.2. The van der Waals surface area contributed by atoms with Crippen LogP contribution in [0, 0.1) is 5.82 Å². The number of hydrogen-bond donors (Lipinski definition) is 1. The van der Waals surface area contributed by atoms with Crippen molar-refractivity contribution < 1.29 is 9.18 Å². The van der Waals surface area contributed by atoms with Crippen LogP contribution in [0.4, 0.5) is 15.8 Å². The molecule has 0 saturated heterocycles. The molecule has 0 heterocycles. The normalized spacial score (nSPS) is 10.7. The predicted molar refractivity (Wildman–Crippen MR) is 96.7 cm³/mol. The Morgan fingerprint density at radius 1 is 1.08 bits per heavy atom. The van der Waals surface area contributed by atoms with E-state index < -0.39 is 5.82 Å². The van der Waals surface area contributed by atoms with Gasteiger partial charge in [0.2, 0.25) is 5.91 Å². The number of likely N-dealkylation sites (N-methyl/N-ethyl adjacent to an activating group) is 1. The van der Waals surface area contributed by atoms with Crippen molar-refractivity contribution in [3.05, 3.63) is 59.9 Å². The van der Waals surface area contributed by atoms with Gasteiger partial charge in [0.1, 0.15) is 5.82 Å². The number of rotatable bonds is 7. The third-order valence-corrected chi connectivity index (χ3v) is 3.82. The SMILES string of the molecule is CCN(CC(=O)Nc1ccccc1F)Cc1ccc(N(C)C)cc1. The minimum Gasteiger partial charge on any atom is -0.378 e. The second-order valence-electron chi connectivity index (χ2n) is 5.89. The Kier molecular flexibility index (Phi) is 6.32. The fraction of sp³-hybridized carbons (Fsp3) is 0.316. The largest absolute Gasteiger partial charge is 0.378 e. The molecule has 0 aromatic heterocycles. The predicted octanol–water partition coefficient (Wildman–Crippen LogP) is 3.35. The molecule has 1 N–H and O–H groups in total. The Hall–Kier alpha value is -2.40. The number of benzene rings is 2. The van der Waals surface area contributed by atoms with Gasteiger partial charge >= 0.3 is 0 Å². The van der Waals surface area contributed by atoms with Crippen LogP contribution >= 0.6 is 0 Å². The summed E-state index contributed by atoms with van der Waals surface area (Å²) in [6.07, 6.45) is 0. The van der Waals surface area contributed by atoms with Crippen molar-refractivity contribution >= 4 is 17.3 Å². The molecule has 128 valence electrons. The van der Waals surface area contributed by atoms with Gasteiger partial charge in [0.15, 0.2) is 0 Å². The summed E-state index contributed by atoms with van der Waals surface area (Å²) in [6.45, 7) is 3.64. The van der Waals surface area contributed by atoms with Crippen LogP contribution in [0.3, 0.4) is 0 Å². The number of carbonyl (C=O) groups excluding carboxylic acids is 1. The number of amides is 1. The van der Waals surface area contributed by atoms with Crippen LogP contribution in [0.25, 0.3) is 0 Å². The molecule has 5 heteroatoms. The molecule has 24 heavy (non-hydrogen) atoms. The fourth-order valence-corrected chi connectivity index (χ4v) is 2.39. The van der Waals surface area contributed by atoms with Crippen LogP contribution in [0.1, 0.15) is 12.5 Å². The molecular weight excluding hydrogens is 305 g/mol. The van der Waals surface area contributed by atoms with Gasteiger partial charge in [-0.25, -0.2) is 4.39 Å². The summed E-state index contributed by atoms with van der Waals surface area (Å²) in [7, 11) is 4.00. The molecule has 0 aliphatic heterocycles. The molecule has 0 radical (unpaired) electrons. The highest BCUT2D eigenvalue weighted by Gasteiger charge is 2.11. The first kappa shape index (κ1) is 17.9. The van der Waals surface area contributed by atoms with Crippen molar-refractivity contribution in [2.75, 3.05) is 37.4 Å². The van der Waals surface area contributed by atoms with Gasteiger partial charge in [-0.1, -0.05) is 31.2 Å². The van der Waals surface area contributed by atoms with Gasteiger partial charge in [-0.05, 0) is 36.4 Å². The fourth-order valence-electron chi connectivity index (χ4n) is 2.39. The number of nitrogens with one attached hydrogen (secondary N) is 1. The standard InChI is InChI=1S/C19H24FN3O/c1-4-23(13-15-9-11-16(12-10-15)22(2)3)14-19(24)21-18-8-6-5-7-17(18)20/h5-12H,4,13-14H2,1-3H3,(H,21,24). The summed E-state index contributed by atoms with van der Waals surface area (Å²) in [6, 6.07) is 14.4. The zero-order chi connectivity index (χ0) is 17.5. The van der Waals surface area contributed by atoms with Crippen LogP contribution in [-0.2, 0) is 11.3 Å². The molecule has 0 aliphatic carbocycles. The number of anilines is 2. The van der Waals surface area contributed by atoms with Gasteiger partial charge in [-0.3, -0.25) is 9.69 Å². The Labute approximate surface area is 142 Å². The van der Waals surface area contributed by atoms with Crippen LogP contribution in [-0.4, -0.2) is 38.0 Å². The Morgan fingerprint density at radius 3 is 2.33 bits per heavy atom. The van der Waals surface area contributed by atoms with E-state index in [4.69, 9.17) is 0 Å². The number of nitrogens with zero attached hydrogens (tertiary/aromatic N) is 2. The molecular formula is C19H24FN3O. The number of halogens is 1. The molecule has 0 spiro atoms.